The number of halogens is 1. The van der Waals surface area contributed by atoms with E-state index in [0.29, 0.717) is 54.9 Å². The van der Waals surface area contributed by atoms with Gasteiger partial charge in [0.05, 0.1) is 65.2 Å². The molecule has 3 aliphatic heterocycles. The van der Waals surface area contributed by atoms with E-state index in [2.05, 4.69) is 31.5 Å². The highest BCUT2D eigenvalue weighted by Gasteiger charge is 2.47. The van der Waals surface area contributed by atoms with E-state index in [1.807, 2.05) is 25.1 Å². The molecule has 1 saturated carbocycles. The third-order valence-corrected chi connectivity index (χ3v) is 10.1. The Bertz CT molecular complexity index is 1890. The van der Waals surface area contributed by atoms with Gasteiger partial charge in [0.2, 0.25) is 0 Å². The van der Waals surface area contributed by atoms with E-state index < -0.39 is 11.8 Å². The maximum absolute atomic E-state index is 11.8. The number of piperazine rings is 1. The lowest BCUT2D eigenvalue weighted by atomic mass is 10.0. The number of imidazole rings is 1. The number of fused-ring (bicyclic) bond motifs is 3. The molecule has 0 amide bonds. The van der Waals surface area contributed by atoms with Crippen LogP contribution < -0.4 is 14.4 Å². The molecule has 236 valence electrons. The molecule has 0 unspecified atom stereocenters. The smallest absolute Gasteiger partial charge is 0.335 e. The lowest BCUT2D eigenvalue weighted by Gasteiger charge is -2.44. The van der Waals surface area contributed by atoms with E-state index in [1.165, 1.54) is 0 Å². The van der Waals surface area contributed by atoms with E-state index in [0.717, 1.165) is 48.5 Å². The summed E-state index contributed by atoms with van der Waals surface area (Å²) >= 11 is 6.08. The highest BCUT2D eigenvalue weighted by molar-refractivity contribution is 6.30. The van der Waals surface area contributed by atoms with E-state index >= 15 is 0 Å². The average Bonchev–Trinajstić information content (AvgIpc) is 3.34. The molecule has 4 aliphatic rings. The van der Waals surface area contributed by atoms with Gasteiger partial charge in [0.25, 0.3) is 5.79 Å². The summed E-state index contributed by atoms with van der Waals surface area (Å²) in [6.45, 7) is 5.76. The van der Waals surface area contributed by atoms with Gasteiger partial charge in [-0.15, -0.1) is 0 Å². The zero-order valence-electron chi connectivity index (χ0n) is 25.4. The number of carbonyl (C=O) groups is 1. The van der Waals surface area contributed by atoms with Crippen LogP contribution in [0.1, 0.15) is 48.1 Å². The lowest BCUT2D eigenvalue weighted by molar-refractivity contribution is -0.0716. The number of carboxylic acids is 1. The van der Waals surface area contributed by atoms with Gasteiger partial charge < -0.3 is 28.8 Å². The summed E-state index contributed by atoms with van der Waals surface area (Å²) in [5, 5.41) is 19.7. The number of aromatic nitrogens is 3. The maximum atomic E-state index is 11.8. The lowest BCUT2D eigenvalue weighted by Crippen LogP contribution is -2.59. The first-order chi connectivity index (χ1) is 22.3. The van der Waals surface area contributed by atoms with Crippen LogP contribution >= 0.6 is 11.6 Å². The van der Waals surface area contributed by atoms with Crippen molar-refractivity contribution in [2.75, 3.05) is 31.2 Å². The van der Waals surface area contributed by atoms with Crippen molar-refractivity contribution in [1.82, 2.24) is 19.4 Å². The Hall–Kier alpha value is -4.37. The summed E-state index contributed by atoms with van der Waals surface area (Å²) in [7, 11) is 0. The second-order valence-corrected chi connectivity index (χ2v) is 13.3. The Morgan fingerprint density at radius 2 is 1.98 bits per heavy atom. The fourth-order valence-electron chi connectivity index (χ4n) is 7.18. The number of anilines is 1. The van der Waals surface area contributed by atoms with Gasteiger partial charge in [-0.1, -0.05) is 17.7 Å². The molecular formula is C34H33ClN6O5. The van der Waals surface area contributed by atoms with Crippen LogP contribution in [0.25, 0.3) is 11.0 Å². The van der Waals surface area contributed by atoms with E-state index in [-0.39, 0.29) is 23.1 Å². The molecule has 2 aromatic heterocycles. The van der Waals surface area contributed by atoms with E-state index in [1.54, 1.807) is 30.5 Å². The molecule has 8 rings (SSSR count). The number of ether oxygens (including phenoxy) is 3. The standard InChI is InChI=1S/C34H33ClN6O5/c1-33(29-8-6-22(35)16-37-29)45-28-4-2-3-24(31(28)46-33)40-14-13-39(26-18-44-19-27(26)40)17-30-38-23-7-5-21(32(42)43)15-25(23)41(30)20-34(9-10-34)11-12-36/h2-8,15-16,26-27H,9-11,13-14,17-20H2,1H3,(H,42,43)/t26-,27+,33-/m1/s1. The van der Waals surface area contributed by atoms with Crippen LogP contribution in [0.4, 0.5) is 5.69 Å². The van der Waals surface area contributed by atoms with Crippen molar-refractivity contribution in [3.8, 4) is 17.6 Å². The first-order valence-electron chi connectivity index (χ1n) is 15.6. The average molecular weight is 641 g/mol. The van der Waals surface area contributed by atoms with Gasteiger partial charge in [-0.3, -0.25) is 9.88 Å². The summed E-state index contributed by atoms with van der Waals surface area (Å²) in [6.07, 6.45) is 4.03. The predicted molar refractivity (Wildman–Crippen MR) is 169 cm³/mol. The van der Waals surface area contributed by atoms with Gasteiger partial charge in [-0.25, -0.2) is 9.78 Å². The van der Waals surface area contributed by atoms with Crippen molar-refractivity contribution in [3.05, 3.63) is 76.8 Å². The van der Waals surface area contributed by atoms with Crippen LogP contribution in [-0.2, 0) is 23.6 Å². The minimum atomic E-state index is -1.08. The largest absolute Gasteiger partial charge is 0.478 e. The Kier molecular flexibility index (Phi) is 6.86. The monoisotopic (exact) mass is 640 g/mol. The molecule has 2 saturated heterocycles. The van der Waals surface area contributed by atoms with Gasteiger partial charge in [-0.2, -0.15) is 5.26 Å². The topological polar surface area (TPSA) is 126 Å². The van der Waals surface area contributed by atoms with Crippen LogP contribution in [0.5, 0.6) is 11.5 Å². The molecular weight excluding hydrogens is 608 g/mol. The summed E-state index contributed by atoms with van der Waals surface area (Å²) < 4.78 is 21.1. The number of carboxylic acid groups (broad SMARTS) is 1. The van der Waals surface area contributed by atoms with Gasteiger partial charge in [-0.05, 0) is 55.3 Å². The van der Waals surface area contributed by atoms with Crippen LogP contribution in [0.2, 0.25) is 5.02 Å². The number of aromatic carboxylic acids is 1. The molecule has 0 spiro atoms. The fourth-order valence-corrected chi connectivity index (χ4v) is 7.30. The van der Waals surface area contributed by atoms with Crippen LogP contribution in [0.15, 0.2) is 54.7 Å². The number of nitriles is 1. The minimum absolute atomic E-state index is 0.0779. The summed E-state index contributed by atoms with van der Waals surface area (Å²) in [5.41, 5.74) is 3.30. The number of pyridine rings is 1. The second kappa shape index (κ2) is 10.9. The molecule has 0 bridgehead atoms. The molecule has 2 aromatic carbocycles. The number of nitrogens with zero attached hydrogens (tertiary/aromatic N) is 6. The molecule has 12 heteroatoms. The highest BCUT2D eigenvalue weighted by Crippen LogP contribution is 2.51. The van der Waals surface area contributed by atoms with Crippen LogP contribution in [0, 0.1) is 16.7 Å². The summed E-state index contributed by atoms with van der Waals surface area (Å²) in [5.74, 6) is 0.174. The fraction of sp³-hybridized carbons (Fsp3) is 0.412. The number of rotatable bonds is 8. The first kappa shape index (κ1) is 29.1. The van der Waals surface area contributed by atoms with Crippen molar-refractivity contribution in [2.45, 2.75) is 57.1 Å². The SMILES string of the molecule is C[C@@]1(c2ccc(Cl)cn2)Oc2cccc(N3CCN(Cc4nc5ccc(C(=O)O)cc5n4CC4(CC#N)CC4)[C@@H]4COC[C@@H]43)c2O1. The molecule has 11 nitrogen and oxygen atoms in total. The third-order valence-electron chi connectivity index (χ3n) is 9.90. The third kappa shape index (κ3) is 4.92. The molecule has 4 aromatic rings. The summed E-state index contributed by atoms with van der Waals surface area (Å²) in [6, 6.07) is 17.2. The molecule has 0 radical (unpaired) electrons. The quantitative estimate of drug-likeness (QED) is 0.274. The van der Waals surface area contributed by atoms with Gasteiger partial charge in [0.15, 0.2) is 11.5 Å². The van der Waals surface area contributed by atoms with Crippen molar-refractivity contribution in [2.24, 2.45) is 5.41 Å². The van der Waals surface area contributed by atoms with Gasteiger partial charge >= 0.3 is 5.97 Å². The number of benzene rings is 2. The second-order valence-electron chi connectivity index (χ2n) is 12.9. The molecule has 3 fully saturated rings. The summed E-state index contributed by atoms with van der Waals surface area (Å²) in [4.78, 5) is 26.1. The minimum Gasteiger partial charge on any atom is -0.478 e. The first-order valence-corrected chi connectivity index (χ1v) is 15.9. The van der Waals surface area contributed by atoms with Crippen molar-refractivity contribution in [1.29, 1.82) is 5.26 Å². The zero-order chi connectivity index (χ0) is 31.6. The molecule has 3 atom stereocenters. The van der Waals surface area contributed by atoms with Gasteiger partial charge in [0, 0.05) is 44.6 Å². The maximum Gasteiger partial charge on any atom is 0.335 e. The molecule has 1 N–H and O–H groups in total. The number of para-hydroxylation sites is 1. The number of hydrogen-bond donors (Lipinski definition) is 1. The predicted octanol–water partition coefficient (Wildman–Crippen LogP) is 5.21. The Labute approximate surface area is 270 Å². The van der Waals surface area contributed by atoms with E-state index in [4.69, 9.17) is 30.8 Å². The normalized spacial score (nSPS) is 24.6. The Balaban J connectivity index is 1.08. The molecule has 46 heavy (non-hydrogen) atoms. The van der Waals surface area contributed by atoms with Gasteiger partial charge in [0.1, 0.15) is 11.5 Å². The Morgan fingerprint density at radius 1 is 1.13 bits per heavy atom. The van der Waals surface area contributed by atoms with Crippen LogP contribution in [0.3, 0.4) is 0 Å². The molecule has 1 aliphatic carbocycles. The van der Waals surface area contributed by atoms with Crippen LogP contribution in [-0.4, -0.2) is 68.9 Å². The Morgan fingerprint density at radius 3 is 2.74 bits per heavy atom. The van der Waals surface area contributed by atoms with Crippen molar-refractivity contribution < 1.29 is 24.1 Å². The molecule has 5 heterocycles. The zero-order valence-corrected chi connectivity index (χ0v) is 26.1. The number of hydrogen-bond acceptors (Lipinski definition) is 9. The highest BCUT2D eigenvalue weighted by atomic mass is 35.5. The van der Waals surface area contributed by atoms with Crippen molar-refractivity contribution in [3.63, 3.8) is 0 Å². The van der Waals surface area contributed by atoms with Crippen molar-refractivity contribution >= 4 is 34.3 Å². The van der Waals surface area contributed by atoms with E-state index in [9.17, 15) is 15.2 Å².